The van der Waals surface area contributed by atoms with E-state index in [1.165, 1.54) is 12.1 Å². The maximum atomic E-state index is 13.6. The van der Waals surface area contributed by atoms with Crippen LogP contribution in [-0.2, 0) is 0 Å². The molecule has 1 unspecified atom stereocenters. The summed E-state index contributed by atoms with van der Waals surface area (Å²) in [5.41, 5.74) is 1.31. The second kappa shape index (κ2) is 8.84. The second-order valence-corrected chi connectivity index (χ2v) is 6.32. The van der Waals surface area contributed by atoms with Gasteiger partial charge < -0.3 is 25.5 Å². The number of benzene rings is 1. The lowest BCUT2D eigenvalue weighted by Gasteiger charge is -2.35. The van der Waals surface area contributed by atoms with Gasteiger partial charge >= 0.3 is 6.03 Å². The highest BCUT2D eigenvalue weighted by Crippen LogP contribution is 2.27. The molecule has 1 aliphatic rings. The van der Waals surface area contributed by atoms with Crippen molar-refractivity contribution in [3.05, 3.63) is 24.0 Å². The highest BCUT2D eigenvalue weighted by molar-refractivity contribution is 5.93. The number of rotatable bonds is 6. The van der Waals surface area contributed by atoms with Crippen LogP contribution in [0.1, 0.15) is 19.8 Å². The van der Waals surface area contributed by atoms with E-state index in [1.807, 2.05) is 6.92 Å². The Bertz CT molecular complexity index is 547. The highest BCUT2D eigenvalue weighted by atomic mass is 19.1. The number of nitrogens with one attached hydrogen (secondary N) is 2. The number of urea groups is 1. The third-order valence-corrected chi connectivity index (χ3v) is 4.22. The number of carbonyl (C=O) groups is 1. The number of amides is 2. The summed E-state index contributed by atoms with van der Waals surface area (Å²) in [4.78, 5) is 16.5. The highest BCUT2D eigenvalue weighted by Gasteiger charge is 2.19. The van der Waals surface area contributed by atoms with Crippen LogP contribution in [0.25, 0.3) is 0 Å². The van der Waals surface area contributed by atoms with Crippen molar-refractivity contribution in [2.75, 3.05) is 50.1 Å². The van der Waals surface area contributed by atoms with Gasteiger partial charge in [-0.2, -0.15) is 0 Å². The van der Waals surface area contributed by atoms with Crippen LogP contribution in [0, 0.1) is 5.82 Å². The number of nitrogens with zero attached hydrogens (tertiary/aromatic N) is 2. The molecule has 2 rings (SSSR count). The molecule has 24 heavy (non-hydrogen) atoms. The van der Waals surface area contributed by atoms with Gasteiger partial charge in [-0.15, -0.1) is 0 Å². The molecule has 0 spiro atoms. The molecule has 3 N–H and O–H groups in total. The number of carbonyl (C=O) groups excluding carboxylic acids is 1. The van der Waals surface area contributed by atoms with E-state index in [4.69, 9.17) is 5.11 Å². The maximum absolute atomic E-state index is 13.6. The van der Waals surface area contributed by atoms with Gasteiger partial charge in [0.2, 0.25) is 0 Å². The molecule has 1 saturated heterocycles. The standard InChI is InChI=1S/C17H27FN4O2/c1-13(4-3-11-23)19-17(24)20-15-12-14(18)5-6-16(15)22-9-7-21(2)8-10-22/h5-6,12-13,23H,3-4,7-11H2,1-2H3,(H2,19,20,24). The van der Waals surface area contributed by atoms with Crippen LogP contribution in [0.2, 0.25) is 0 Å². The summed E-state index contributed by atoms with van der Waals surface area (Å²) in [5.74, 6) is -0.378. The number of aliphatic hydroxyl groups is 1. The van der Waals surface area contributed by atoms with Gasteiger partial charge in [0.05, 0.1) is 11.4 Å². The molecule has 0 saturated carbocycles. The van der Waals surface area contributed by atoms with E-state index in [1.54, 1.807) is 6.07 Å². The molecule has 1 atom stereocenters. The Morgan fingerprint density at radius 3 is 2.71 bits per heavy atom. The minimum Gasteiger partial charge on any atom is -0.396 e. The van der Waals surface area contributed by atoms with Crippen molar-refractivity contribution < 1.29 is 14.3 Å². The zero-order valence-electron chi connectivity index (χ0n) is 14.4. The Morgan fingerprint density at radius 1 is 1.33 bits per heavy atom. The van der Waals surface area contributed by atoms with E-state index in [-0.39, 0.29) is 24.5 Å². The first-order chi connectivity index (χ1) is 11.5. The Labute approximate surface area is 142 Å². The SMILES string of the molecule is CC(CCCO)NC(=O)Nc1cc(F)ccc1N1CCN(C)CC1. The zero-order valence-corrected chi connectivity index (χ0v) is 14.4. The largest absolute Gasteiger partial charge is 0.396 e. The van der Waals surface area contributed by atoms with Crippen LogP contribution in [-0.4, -0.2) is 61.9 Å². The summed E-state index contributed by atoms with van der Waals surface area (Å²) in [6.45, 7) is 5.52. The molecule has 6 nitrogen and oxygen atoms in total. The topological polar surface area (TPSA) is 67.8 Å². The quantitative estimate of drug-likeness (QED) is 0.741. The maximum Gasteiger partial charge on any atom is 0.319 e. The van der Waals surface area contributed by atoms with Crippen molar-refractivity contribution in [1.82, 2.24) is 10.2 Å². The summed E-state index contributed by atoms with van der Waals surface area (Å²) in [6.07, 6.45) is 1.33. The first kappa shape index (κ1) is 18.5. The molecule has 134 valence electrons. The molecule has 1 aromatic rings. The molecule has 2 amide bonds. The van der Waals surface area contributed by atoms with Crippen molar-refractivity contribution in [1.29, 1.82) is 0 Å². The van der Waals surface area contributed by atoms with Gasteiger partial charge in [0, 0.05) is 38.8 Å². The van der Waals surface area contributed by atoms with Gasteiger partial charge in [0.1, 0.15) is 5.82 Å². The van der Waals surface area contributed by atoms with Crippen LogP contribution in [0.4, 0.5) is 20.6 Å². The third-order valence-electron chi connectivity index (χ3n) is 4.22. The lowest BCUT2D eigenvalue weighted by atomic mass is 10.2. The van der Waals surface area contributed by atoms with Crippen LogP contribution in [0.15, 0.2) is 18.2 Å². The molecule has 0 radical (unpaired) electrons. The van der Waals surface area contributed by atoms with Crippen LogP contribution in [0.5, 0.6) is 0 Å². The smallest absolute Gasteiger partial charge is 0.319 e. The lowest BCUT2D eigenvalue weighted by molar-refractivity contribution is 0.245. The summed E-state index contributed by atoms with van der Waals surface area (Å²) in [5, 5.41) is 14.4. The average molecular weight is 338 g/mol. The van der Waals surface area contributed by atoms with E-state index in [0.29, 0.717) is 18.5 Å². The second-order valence-electron chi connectivity index (χ2n) is 6.32. The Hall–Kier alpha value is -1.86. The molecule has 0 aromatic heterocycles. The summed E-state index contributed by atoms with van der Waals surface area (Å²) in [6, 6.07) is 4.07. The predicted molar refractivity (Wildman–Crippen MR) is 94.0 cm³/mol. The summed E-state index contributed by atoms with van der Waals surface area (Å²) in [7, 11) is 2.07. The summed E-state index contributed by atoms with van der Waals surface area (Å²) < 4.78 is 13.6. The number of likely N-dealkylation sites (N-methyl/N-ethyl adjacent to an activating group) is 1. The Balaban J connectivity index is 2.03. The molecular weight excluding hydrogens is 311 g/mol. The van der Waals surface area contributed by atoms with Gasteiger partial charge in [0.15, 0.2) is 0 Å². The number of hydrogen-bond acceptors (Lipinski definition) is 4. The molecule has 1 aliphatic heterocycles. The third kappa shape index (κ3) is 5.35. The fraction of sp³-hybridized carbons (Fsp3) is 0.588. The van der Waals surface area contributed by atoms with Crippen LogP contribution in [0.3, 0.4) is 0 Å². The van der Waals surface area contributed by atoms with E-state index >= 15 is 0 Å². The minimum atomic E-state index is -0.378. The number of aliphatic hydroxyl groups excluding tert-OH is 1. The van der Waals surface area contributed by atoms with Gasteiger partial charge in [-0.25, -0.2) is 9.18 Å². The minimum absolute atomic E-state index is 0.0576. The van der Waals surface area contributed by atoms with Crippen molar-refractivity contribution in [3.63, 3.8) is 0 Å². The molecular formula is C17H27FN4O2. The lowest BCUT2D eigenvalue weighted by Crippen LogP contribution is -2.45. The predicted octanol–water partition coefficient (Wildman–Crippen LogP) is 1.86. The first-order valence-corrected chi connectivity index (χ1v) is 8.41. The molecule has 0 bridgehead atoms. The van der Waals surface area contributed by atoms with Gasteiger partial charge in [-0.3, -0.25) is 0 Å². The Morgan fingerprint density at radius 2 is 2.04 bits per heavy atom. The molecule has 1 aromatic carbocycles. The van der Waals surface area contributed by atoms with Crippen molar-refractivity contribution in [3.8, 4) is 0 Å². The normalized spacial score (nSPS) is 16.8. The zero-order chi connectivity index (χ0) is 17.5. The number of anilines is 2. The van der Waals surface area contributed by atoms with E-state index in [9.17, 15) is 9.18 Å². The molecule has 1 fully saturated rings. The molecule has 0 aliphatic carbocycles. The van der Waals surface area contributed by atoms with Gasteiger partial charge in [-0.1, -0.05) is 0 Å². The number of halogens is 1. The van der Waals surface area contributed by atoms with Crippen LogP contribution < -0.4 is 15.5 Å². The summed E-state index contributed by atoms with van der Waals surface area (Å²) >= 11 is 0. The van der Waals surface area contributed by atoms with E-state index < -0.39 is 0 Å². The molecule has 1 heterocycles. The first-order valence-electron chi connectivity index (χ1n) is 8.41. The van der Waals surface area contributed by atoms with E-state index in [2.05, 4.69) is 27.5 Å². The number of hydrogen-bond donors (Lipinski definition) is 3. The van der Waals surface area contributed by atoms with Crippen molar-refractivity contribution in [2.45, 2.75) is 25.8 Å². The van der Waals surface area contributed by atoms with Gasteiger partial charge in [0.25, 0.3) is 0 Å². The Kier molecular flexibility index (Phi) is 6.81. The fourth-order valence-corrected chi connectivity index (χ4v) is 2.78. The average Bonchev–Trinajstić information content (AvgIpc) is 2.54. The van der Waals surface area contributed by atoms with Crippen molar-refractivity contribution >= 4 is 17.4 Å². The monoisotopic (exact) mass is 338 g/mol. The van der Waals surface area contributed by atoms with Crippen LogP contribution >= 0.6 is 0 Å². The number of piperazine rings is 1. The van der Waals surface area contributed by atoms with Crippen molar-refractivity contribution in [2.24, 2.45) is 0 Å². The van der Waals surface area contributed by atoms with Gasteiger partial charge in [-0.05, 0) is 45.0 Å². The van der Waals surface area contributed by atoms with E-state index in [0.717, 1.165) is 31.9 Å². The molecule has 7 heteroatoms. The fourth-order valence-electron chi connectivity index (χ4n) is 2.78.